The van der Waals surface area contributed by atoms with E-state index in [1.54, 1.807) is 0 Å². The summed E-state index contributed by atoms with van der Waals surface area (Å²) in [6.45, 7) is 0. The summed E-state index contributed by atoms with van der Waals surface area (Å²) in [5, 5.41) is 4.74. The van der Waals surface area contributed by atoms with Crippen LogP contribution in [0.1, 0.15) is 0 Å². The minimum atomic E-state index is 0.862. The molecule has 0 unspecified atom stereocenters. The van der Waals surface area contributed by atoms with E-state index < -0.39 is 0 Å². The normalized spacial score (nSPS) is 11.5. The van der Waals surface area contributed by atoms with Gasteiger partial charge in [-0.2, -0.15) is 0 Å². The van der Waals surface area contributed by atoms with E-state index in [0.29, 0.717) is 0 Å². The van der Waals surface area contributed by atoms with Gasteiger partial charge in [0.2, 0.25) is 0 Å². The van der Waals surface area contributed by atoms with E-state index in [-0.39, 0.29) is 0 Å². The molecule has 2 heterocycles. The maximum Gasteiger partial charge on any atom is 0.135 e. The Balaban J connectivity index is 1.10. The van der Waals surface area contributed by atoms with Crippen LogP contribution in [0.15, 0.2) is 199 Å². The summed E-state index contributed by atoms with van der Waals surface area (Å²) in [4.78, 5) is 4.66. The smallest absolute Gasteiger partial charge is 0.135 e. The number of para-hydroxylation sites is 2. The molecular weight excluding hydrogens is 653 g/mol. The van der Waals surface area contributed by atoms with Gasteiger partial charge in [-0.25, -0.2) is 0 Å². The molecule has 0 amide bonds. The zero-order chi connectivity index (χ0) is 34.4. The van der Waals surface area contributed by atoms with E-state index in [1.165, 1.54) is 31.3 Å². The minimum Gasteiger partial charge on any atom is -0.456 e. The number of rotatable bonds is 7. The van der Waals surface area contributed by atoms with E-state index in [1.807, 2.05) is 11.3 Å². The monoisotopic (exact) mass is 684 g/mol. The average Bonchev–Trinajstić information content (AvgIpc) is 3.77. The summed E-state index contributed by atoms with van der Waals surface area (Å²) in [6, 6.07) is 69.1. The molecule has 0 fully saturated rings. The second kappa shape index (κ2) is 12.6. The zero-order valence-electron chi connectivity index (χ0n) is 28.2. The van der Waals surface area contributed by atoms with Crippen molar-refractivity contribution in [1.29, 1.82) is 0 Å². The van der Waals surface area contributed by atoms with Crippen LogP contribution in [0.4, 0.5) is 34.1 Å². The molecule has 0 spiro atoms. The maximum absolute atomic E-state index is 6.47. The van der Waals surface area contributed by atoms with Crippen molar-refractivity contribution in [3.63, 3.8) is 0 Å². The Hall–Kier alpha value is -6.62. The lowest BCUT2D eigenvalue weighted by molar-refractivity contribution is 0.669. The second-order valence-electron chi connectivity index (χ2n) is 13.0. The Morgan fingerprint density at radius 1 is 0.308 bits per heavy atom. The third kappa shape index (κ3) is 5.29. The van der Waals surface area contributed by atoms with Gasteiger partial charge in [-0.05, 0) is 102 Å². The van der Waals surface area contributed by atoms with Gasteiger partial charge in [0.15, 0.2) is 0 Å². The predicted octanol–water partition coefficient (Wildman–Crippen LogP) is 14.6. The number of benzene rings is 8. The molecule has 0 atom stereocenters. The van der Waals surface area contributed by atoms with Crippen LogP contribution >= 0.6 is 11.3 Å². The lowest BCUT2D eigenvalue weighted by Gasteiger charge is -2.26. The number of anilines is 6. The highest BCUT2D eigenvalue weighted by Gasteiger charge is 2.19. The highest BCUT2D eigenvalue weighted by Crippen LogP contribution is 2.43. The van der Waals surface area contributed by atoms with E-state index in [0.717, 1.165) is 56.1 Å². The van der Waals surface area contributed by atoms with Gasteiger partial charge in [0.1, 0.15) is 11.2 Å². The quantitative estimate of drug-likeness (QED) is 0.167. The van der Waals surface area contributed by atoms with Crippen LogP contribution < -0.4 is 9.80 Å². The third-order valence-electron chi connectivity index (χ3n) is 9.83. The predicted molar refractivity (Wildman–Crippen MR) is 221 cm³/mol. The lowest BCUT2D eigenvalue weighted by atomic mass is 10.0. The molecule has 0 N–H and O–H groups in total. The molecule has 0 radical (unpaired) electrons. The van der Waals surface area contributed by atoms with Crippen molar-refractivity contribution in [2.24, 2.45) is 0 Å². The third-order valence-corrected chi connectivity index (χ3v) is 11.0. The van der Waals surface area contributed by atoms with Gasteiger partial charge in [-0.15, -0.1) is 11.3 Å². The highest BCUT2D eigenvalue weighted by molar-refractivity contribution is 7.25. The first kappa shape index (κ1) is 30.2. The molecule has 8 aromatic carbocycles. The van der Waals surface area contributed by atoms with Gasteiger partial charge < -0.3 is 14.2 Å². The van der Waals surface area contributed by atoms with Gasteiger partial charge in [0, 0.05) is 65.1 Å². The first-order valence-corrected chi connectivity index (χ1v) is 18.3. The van der Waals surface area contributed by atoms with Gasteiger partial charge >= 0.3 is 0 Å². The Bertz CT molecular complexity index is 2840. The van der Waals surface area contributed by atoms with Crippen molar-refractivity contribution in [3.05, 3.63) is 194 Å². The molecule has 0 aliphatic rings. The van der Waals surface area contributed by atoms with E-state index in [4.69, 9.17) is 4.42 Å². The second-order valence-corrected chi connectivity index (χ2v) is 14.1. The van der Waals surface area contributed by atoms with E-state index in [9.17, 15) is 0 Å². The number of hydrogen-bond acceptors (Lipinski definition) is 4. The Morgan fingerprint density at radius 3 is 1.38 bits per heavy atom. The fourth-order valence-electron chi connectivity index (χ4n) is 7.37. The Morgan fingerprint density at radius 2 is 0.750 bits per heavy atom. The van der Waals surface area contributed by atoms with Crippen LogP contribution in [-0.4, -0.2) is 0 Å². The summed E-state index contributed by atoms with van der Waals surface area (Å²) in [5.41, 5.74) is 10.7. The highest BCUT2D eigenvalue weighted by atomic mass is 32.1. The summed E-state index contributed by atoms with van der Waals surface area (Å²) in [7, 11) is 0. The molecule has 10 aromatic rings. The lowest BCUT2D eigenvalue weighted by Crippen LogP contribution is -2.10. The fourth-order valence-corrected chi connectivity index (χ4v) is 8.51. The molecule has 2 aromatic heterocycles. The van der Waals surface area contributed by atoms with Crippen LogP contribution in [0.25, 0.3) is 53.2 Å². The fraction of sp³-hybridized carbons (Fsp3) is 0. The Labute approximate surface area is 305 Å². The minimum absolute atomic E-state index is 0.862. The SMILES string of the molecule is c1ccc(-c2ccc(N(c3ccccc3)c3ccc4oc5ccc(N(c6ccccc6)c6ccc7c(c6)sc6ccccc67)cc5c4c3)cc2)cc1. The van der Waals surface area contributed by atoms with E-state index in [2.05, 4.69) is 204 Å². The topological polar surface area (TPSA) is 19.6 Å². The van der Waals surface area contributed by atoms with Gasteiger partial charge in [-0.1, -0.05) is 103 Å². The van der Waals surface area contributed by atoms with Crippen LogP contribution in [0.2, 0.25) is 0 Å². The van der Waals surface area contributed by atoms with Crippen LogP contribution in [0, 0.1) is 0 Å². The van der Waals surface area contributed by atoms with Crippen LogP contribution in [0.3, 0.4) is 0 Å². The molecule has 0 aliphatic carbocycles. The molecule has 0 aliphatic heterocycles. The number of fused-ring (bicyclic) bond motifs is 6. The largest absolute Gasteiger partial charge is 0.456 e. The number of thiophene rings is 1. The van der Waals surface area contributed by atoms with Crippen molar-refractivity contribution >= 4 is 87.6 Å². The average molecular weight is 685 g/mol. The van der Waals surface area contributed by atoms with Crippen molar-refractivity contribution in [1.82, 2.24) is 0 Å². The maximum atomic E-state index is 6.47. The molecule has 10 rings (SSSR count). The molecule has 0 bridgehead atoms. The van der Waals surface area contributed by atoms with Crippen molar-refractivity contribution in [2.75, 3.05) is 9.80 Å². The Kier molecular flexibility index (Phi) is 7.33. The molecular formula is C48H32N2OS. The molecule has 0 saturated heterocycles. The van der Waals surface area contributed by atoms with Crippen molar-refractivity contribution in [3.8, 4) is 11.1 Å². The summed E-state index contributed by atoms with van der Waals surface area (Å²) < 4.78 is 9.05. The summed E-state index contributed by atoms with van der Waals surface area (Å²) >= 11 is 1.84. The number of hydrogen-bond donors (Lipinski definition) is 0. The van der Waals surface area contributed by atoms with Gasteiger partial charge in [0.05, 0.1) is 0 Å². The number of furan rings is 1. The molecule has 0 saturated carbocycles. The first-order valence-electron chi connectivity index (χ1n) is 17.5. The molecule has 3 nitrogen and oxygen atoms in total. The van der Waals surface area contributed by atoms with Crippen LogP contribution in [0.5, 0.6) is 0 Å². The standard InChI is InChI=1S/C48H32N2OS/c1-4-12-33(13-5-1)34-20-22-37(23-21-34)49(35-14-6-2-7-15-35)38-25-28-45-43(30-38)44-31-39(26-29-46(44)51-45)50(36-16-8-3-9-17-36)40-24-27-42-41-18-10-11-19-47(41)52-48(42)32-40/h1-32H. The van der Waals surface area contributed by atoms with Crippen LogP contribution in [-0.2, 0) is 0 Å². The van der Waals surface area contributed by atoms with E-state index >= 15 is 0 Å². The summed E-state index contributed by atoms with van der Waals surface area (Å²) in [5.74, 6) is 0. The molecule has 4 heteroatoms. The number of nitrogens with zero attached hydrogens (tertiary/aromatic N) is 2. The van der Waals surface area contributed by atoms with Crippen molar-refractivity contribution < 1.29 is 4.42 Å². The van der Waals surface area contributed by atoms with Gasteiger partial charge in [0.25, 0.3) is 0 Å². The summed E-state index contributed by atoms with van der Waals surface area (Å²) in [6.07, 6.45) is 0. The first-order chi connectivity index (χ1) is 25.8. The van der Waals surface area contributed by atoms with Gasteiger partial charge in [-0.3, -0.25) is 0 Å². The molecule has 52 heavy (non-hydrogen) atoms. The van der Waals surface area contributed by atoms with Crippen molar-refractivity contribution in [2.45, 2.75) is 0 Å². The zero-order valence-corrected chi connectivity index (χ0v) is 29.0. The molecule has 246 valence electrons.